The summed E-state index contributed by atoms with van der Waals surface area (Å²) in [6.07, 6.45) is -1.15. The van der Waals surface area contributed by atoms with Crippen molar-refractivity contribution in [3.05, 3.63) is 35.0 Å². The first kappa shape index (κ1) is 26.8. The van der Waals surface area contributed by atoms with Gasteiger partial charge in [-0.2, -0.15) is 0 Å². The van der Waals surface area contributed by atoms with Crippen LogP contribution in [0.5, 0.6) is 23.0 Å². The first-order valence-corrected chi connectivity index (χ1v) is 12.7. The number of aromatic nitrogens is 1. The molecule has 0 saturated heterocycles. The fourth-order valence-electron chi connectivity index (χ4n) is 5.59. The van der Waals surface area contributed by atoms with E-state index in [4.69, 9.17) is 35.3 Å². The van der Waals surface area contributed by atoms with Crippen molar-refractivity contribution in [3.8, 4) is 23.0 Å². The molecule has 11 nitrogen and oxygen atoms in total. The molecule has 12 heteroatoms. The zero-order valence-electron chi connectivity index (χ0n) is 22.4. The Balaban J connectivity index is 1.64. The van der Waals surface area contributed by atoms with Crippen LogP contribution in [0.2, 0.25) is 0 Å². The lowest BCUT2D eigenvalue weighted by Gasteiger charge is -2.26. The van der Waals surface area contributed by atoms with Crippen LogP contribution in [0.15, 0.2) is 18.2 Å². The molecule has 39 heavy (non-hydrogen) atoms. The Morgan fingerprint density at radius 1 is 1.10 bits per heavy atom. The Kier molecular flexibility index (Phi) is 6.68. The Hall–Kier alpha value is -3.83. The Bertz CT molecular complexity index is 1490. The molecule has 3 aromatic rings. The van der Waals surface area contributed by atoms with E-state index in [2.05, 4.69) is 10.3 Å². The number of nitrogens with zero attached hydrogens (tertiary/aromatic N) is 1. The molecule has 5 rings (SSSR count). The zero-order valence-corrected chi connectivity index (χ0v) is 23.2. The molecule has 0 saturated carbocycles. The van der Waals surface area contributed by atoms with Crippen molar-refractivity contribution < 1.29 is 38.4 Å². The number of hydrogen-bond acceptors (Lipinski definition) is 10. The molecule has 0 bridgehead atoms. The molecule has 0 fully saturated rings. The number of aliphatic hydroxyl groups is 1. The number of rotatable bonds is 8. The van der Waals surface area contributed by atoms with E-state index < -0.39 is 23.5 Å². The Labute approximate surface area is 229 Å². The van der Waals surface area contributed by atoms with Crippen LogP contribution < -0.4 is 29.2 Å². The summed E-state index contributed by atoms with van der Waals surface area (Å²) in [5, 5.41) is 15.4. The zero-order chi connectivity index (χ0) is 28.2. The molecule has 0 aliphatic carbocycles. The number of methoxy groups -OCH3 is 5. The minimum absolute atomic E-state index is 0.187. The van der Waals surface area contributed by atoms with Crippen LogP contribution in [0.4, 0.5) is 11.4 Å². The van der Waals surface area contributed by atoms with Crippen molar-refractivity contribution in [2.45, 2.75) is 24.6 Å². The number of carbonyl (C=O) groups is 2. The van der Waals surface area contributed by atoms with Crippen molar-refractivity contribution >= 4 is 45.6 Å². The number of aromatic amines is 1. The summed E-state index contributed by atoms with van der Waals surface area (Å²) >= 11 is 6.39. The van der Waals surface area contributed by atoms with Crippen molar-refractivity contribution in [1.82, 2.24) is 4.98 Å². The summed E-state index contributed by atoms with van der Waals surface area (Å²) in [6.45, 7) is 1.80. The SMILES string of the molecule is COC(=O)[C@]1(C)Nc2c(OC)cc3c(c2C1=O)[C@H](CCl)CN3C(O)c1cc2cc(OC)c(OC)c(OC)c2[nH]1. The summed E-state index contributed by atoms with van der Waals surface area (Å²) in [5.41, 5.74) is 1.41. The quantitative estimate of drug-likeness (QED) is 0.214. The van der Waals surface area contributed by atoms with Gasteiger partial charge in [0.2, 0.25) is 11.5 Å². The molecule has 2 aromatic carbocycles. The molecule has 1 unspecified atom stereocenters. The summed E-state index contributed by atoms with van der Waals surface area (Å²) < 4.78 is 27.1. The Morgan fingerprint density at radius 2 is 1.79 bits per heavy atom. The van der Waals surface area contributed by atoms with E-state index in [1.807, 2.05) is 0 Å². The number of halogens is 1. The van der Waals surface area contributed by atoms with Crippen molar-refractivity contribution in [2.24, 2.45) is 0 Å². The molecule has 1 aromatic heterocycles. The van der Waals surface area contributed by atoms with E-state index in [-0.39, 0.29) is 11.8 Å². The van der Waals surface area contributed by atoms with Crippen molar-refractivity contribution in [1.29, 1.82) is 0 Å². The van der Waals surface area contributed by atoms with Gasteiger partial charge in [0, 0.05) is 35.5 Å². The maximum atomic E-state index is 13.7. The number of Topliss-reactive ketones (excluding diaryl/α,β-unsaturated/α-hetero) is 1. The summed E-state index contributed by atoms with van der Waals surface area (Å²) in [6, 6.07) is 5.32. The highest BCUT2D eigenvalue weighted by Gasteiger charge is 2.53. The molecule has 208 valence electrons. The number of nitrogens with one attached hydrogen (secondary N) is 2. The number of alkyl halides is 1. The number of fused-ring (bicyclic) bond motifs is 4. The van der Waals surface area contributed by atoms with Gasteiger partial charge in [-0.3, -0.25) is 4.79 Å². The van der Waals surface area contributed by atoms with E-state index in [1.165, 1.54) is 42.5 Å². The molecule has 3 N–H and O–H groups in total. The molecule has 0 spiro atoms. The molecule has 2 aliphatic heterocycles. The summed E-state index contributed by atoms with van der Waals surface area (Å²) in [5.74, 6) is 0.413. The van der Waals surface area contributed by atoms with E-state index >= 15 is 0 Å². The lowest BCUT2D eigenvalue weighted by atomic mass is 9.89. The van der Waals surface area contributed by atoms with Gasteiger partial charge in [-0.15, -0.1) is 11.6 Å². The van der Waals surface area contributed by atoms with Crippen LogP contribution in [-0.2, 0) is 9.53 Å². The molecule has 0 amide bonds. The van der Waals surface area contributed by atoms with Gasteiger partial charge in [0.05, 0.1) is 58.0 Å². The number of anilines is 2. The third-order valence-electron chi connectivity index (χ3n) is 7.51. The minimum Gasteiger partial charge on any atom is -0.494 e. The number of aliphatic hydroxyl groups excluding tert-OH is 1. The average Bonchev–Trinajstić information content (AvgIpc) is 3.62. The van der Waals surface area contributed by atoms with Crippen LogP contribution in [-0.4, -0.2) is 75.4 Å². The van der Waals surface area contributed by atoms with Gasteiger partial charge in [0.25, 0.3) is 0 Å². The second-order valence-corrected chi connectivity index (χ2v) is 9.85. The van der Waals surface area contributed by atoms with Gasteiger partial charge < -0.3 is 44.0 Å². The lowest BCUT2D eigenvalue weighted by Crippen LogP contribution is -2.47. The fourth-order valence-corrected chi connectivity index (χ4v) is 5.85. The number of ether oxygens (including phenoxy) is 5. The van der Waals surface area contributed by atoms with E-state index in [0.29, 0.717) is 63.3 Å². The minimum atomic E-state index is -1.62. The monoisotopic (exact) mass is 559 g/mol. The van der Waals surface area contributed by atoms with E-state index in [0.717, 1.165) is 5.39 Å². The molecule has 2 aliphatic rings. The van der Waals surface area contributed by atoms with Crippen LogP contribution in [0.1, 0.15) is 40.7 Å². The van der Waals surface area contributed by atoms with Gasteiger partial charge in [0.1, 0.15) is 5.75 Å². The van der Waals surface area contributed by atoms with Crippen LogP contribution in [0.3, 0.4) is 0 Å². The predicted octanol–water partition coefficient (Wildman–Crippen LogP) is 3.58. The third kappa shape index (κ3) is 3.75. The lowest BCUT2D eigenvalue weighted by molar-refractivity contribution is -0.143. The van der Waals surface area contributed by atoms with Crippen LogP contribution in [0.25, 0.3) is 10.9 Å². The summed E-state index contributed by atoms with van der Waals surface area (Å²) in [4.78, 5) is 31.3. The second-order valence-electron chi connectivity index (χ2n) is 9.54. The number of esters is 1. The molecular formula is C27H30ClN3O8. The fraction of sp³-hybridized carbons (Fsp3) is 0.407. The largest absolute Gasteiger partial charge is 0.494 e. The maximum Gasteiger partial charge on any atom is 0.339 e. The molecule has 3 heterocycles. The van der Waals surface area contributed by atoms with Gasteiger partial charge in [-0.25, -0.2) is 4.79 Å². The highest BCUT2D eigenvalue weighted by Crippen LogP contribution is 2.53. The smallest absolute Gasteiger partial charge is 0.339 e. The second kappa shape index (κ2) is 9.73. The summed E-state index contributed by atoms with van der Waals surface area (Å²) in [7, 11) is 7.28. The van der Waals surface area contributed by atoms with Crippen molar-refractivity contribution in [3.63, 3.8) is 0 Å². The van der Waals surface area contributed by atoms with Crippen LogP contribution in [0, 0.1) is 0 Å². The highest BCUT2D eigenvalue weighted by atomic mass is 35.5. The predicted molar refractivity (Wildman–Crippen MR) is 145 cm³/mol. The molecule has 0 radical (unpaired) electrons. The maximum absolute atomic E-state index is 13.7. The molecular weight excluding hydrogens is 530 g/mol. The highest BCUT2D eigenvalue weighted by molar-refractivity contribution is 6.26. The van der Waals surface area contributed by atoms with Crippen LogP contribution >= 0.6 is 11.6 Å². The molecule has 3 atom stereocenters. The number of H-pyrrole nitrogens is 1. The number of carbonyl (C=O) groups excluding carboxylic acids is 2. The van der Waals surface area contributed by atoms with Gasteiger partial charge in [-0.1, -0.05) is 0 Å². The first-order chi connectivity index (χ1) is 18.7. The van der Waals surface area contributed by atoms with E-state index in [9.17, 15) is 14.7 Å². The topological polar surface area (TPSA) is 132 Å². The first-order valence-electron chi connectivity index (χ1n) is 12.2. The number of hydrogen-bond donors (Lipinski definition) is 3. The normalized spacial score (nSPS) is 20.4. The third-order valence-corrected chi connectivity index (χ3v) is 7.89. The average molecular weight is 560 g/mol. The van der Waals surface area contributed by atoms with Gasteiger partial charge in [0.15, 0.2) is 23.3 Å². The number of ketones is 1. The van der Waals surface area contributed by atoms with Gasteiger partial charge in [-0.05, 0) is 24.6 Å². The van der Waals surface area contributed by atoms with Crippen molar-refractivity contribution in [2.75, 3.05) is 58.2 Å². The number of benzene rings is 2. The standard InChI is InChI=1S/C27H30ClN3O8/c1-27(26(34)39-6)24(32)19-18-13(10-28)11-31(15(18)9-16(35-2)21(19)30-27)25(33)14-7-12-8-17(36-3)22(37-4)23(38-5)20(12)29-14/h7-9,13,25,29-30,33H,10-11H2,1-6H3/t13-,25?,27-/m1/s1. The Morgan fingerprint density at radius 3 is 2.38 bits per heavy atom. The van der Waals surface area contributed by atoms with Gasteiger partial charge >= 0.3 is 5.97 Å². The van der Waals surface area contributed by atoms with E-state index in [1.54, 1.807) is 23.1 Å².